The molecule has 0 aromatic heterocycles. The SMILES string of the molecule is CCC1CCC(C2CCC(CC3CCCCC3)CC2)CC1. The summed E-state index contributed by atoms with van der Waals surface area (Å²) in [4.78, 5) is 0. The van der Waals surface area contributed by atoms with E-state index in [2.05, 4.69) is 6.92 Å². The van der Waals surface area contributed by atoms with Crippen molar-refractivity contribution in [2.75, 3.05) is 0 Å². The fraction of sp³-hybridized carbons (Fsp3) is 1.00. The van der Waals surface area contributed by atoms with Gasteiger partial charge in [-0.2, -0.15) is 0 Å². The molecular formula is C21H38. The van der Waals surface area contributed by atoms with Gasteiger partial charge in [-0.15, -0.1) is 0 Å². The van der Waals surface area contributed by atoms with E-state index in [1.807, 2.05) is 0 Å². The number of rotatable bonds is 4. The minimum atomic E-state index is 1.07. The van der Waals surface area contributed by atoms with Crippen molar-refractivity contribution in [3.05, 3.63) is 0 Å². The predicted molar refractivity (Wildman–Crippen MR) is 92.4 cm³/mol. The molecule has 0 heterocycles. The van der Waals surface area contributed by atoms with Gasteiger partial charge in [0.15, 0.2) is 0 Å². The smallest absolute Gasteiger partial charge is 0.0386 e. The molecule has 21 heavy (non-hydrogen) atoms. The Balaban J connectivity index is 1.37. The largest absolute Gasteiger partial charge is 0.0651 e. The molecule has 122 valence electrons. The van der Waals surface area contributed by atoms with Crippen LogP contribution >= 0.6 is 0 Å². The fourth-order valence-corrected chi connectivity index (χ4v) is 5.86. The van der Waals surface area contributed by atoms with Crippen LogP contribution in [0.1, 0.15) is 103 Å². The van der Waals surface area contributed by atoms with Crippen LogP contribution in [0.25, 0.3) is 0 Å². The zero-order valence-corrected chi connectivity index (χ0v) is 14.5. The summed E-state index contributed by atoms with van der Waals surface area (Å²) in [5.41, 5.74) is 0. The van der Waals surface area contributed by atoms with Crippen molar-refractivity contribution >= 4 is 0 Å². The first-order valence-corrected chi connectivity index (χ1v) is 10.3. The highest BCUT2D eigenvalue weighted by molar-refractivity contribution is 4.83. The summed E-state index contributed by atoms with van der Waals surface area (Å²) in [6, 6.07) is 0. The van der Waals surface area contributed by atoms with Crippen molar-refractivity contribution in [2.24, 2.45) is 29.6 Å². The zero-order valence-electron chi connectivity index (χ0n) is 14.5. The third kappa shape index (κ3) is 4.49. The third-order valence-corrected chi connectivity index (χ3v) is 7.42. The molecule has 0 spiro atoms. The second kappa shape index (κ2) is 8.02. The standard InChI is InChI=1S/C21H38/c1-2-17-8-12-20(13-9-17)21-14-10-19(11-15-21)16-18-6-4-3-5-7-18/h17-21H,2-16H2,1H3. The fourth-order valence-electron chi connectivity index (χ4n) is 5.86. The maximum absolute atomic E-state index is 2.39. The number of hydrogen-bond acceptors (Lipinski definition) is 0. The summed E-state index contributed by atoms with van der Waals surface area (Å²) < 4.78 is 0. The van der Waals surface area contributed by atoms with Gasteiger partial charge in [-0.05, 0) is 61.7 Å². The lowest BCUT2D eigenvalue weighted by Gasteiger charge is -2.38. The van der Waals surface area contributed by atoms with Gasteiger partial charge in [0.2, 0.25) is 0 Å². The van der Waals surface area contributed by atoms with Crippen LogP contribution < -0.4 is 0 Å². The molecule has 0 unspecified atom stereocenters. The van der Waals surface area contributed by atoms with Crippen LogP contribution in [0.2, 0.25) is 0 Å². The van der Waals surface area contributed by atoms with Crippen LogP contribution in [-0.2, 0) is 0 Å². The Bertz CT molecular complexity index is 272. The highest BCUT2D eigenvalue weighted by Gasteiger charge is 2.31. The third-order valence-electron chi connectivity index (χ3n) is 7.42. The monoisotopic (exact) mass is 290 g/mol. The van der Waals surface area contributed by atoms with Crippen molar-refractivity contribution in [1.82, 2.24) is 0 Å². The predicted octanol–water partition coefficient (Wildman–Crippen LogP) is 6.98. The minimum absolute atomic E-state index is 1.07. The van der Waals surface area contributed by atoms with E-state index in [0.29, 0.717) is 0 Å². The second-order valence-corrected chi connectivity index (χ2v) is 8.71. The Morgan fingerprint density at radius 1 is 0.524 bits per heavy atom. The average molecular weight is 291 g/mol. The highest BCUT2D eigenvalue weighted by atomic mass is 14.4. The molecule has 0 aliphatic heterocycles. The van der Waals surface area contributed by atoms with Crippen molar-refractivity contribution in [3.8, 4) is 0 Å². The first-order chi connectivity index (χ1) is 10.3. The van der Waals surface area contributed by atoms with Crippen LogP contribution in [0.4, 0.5) is 0 Å². The van der Waals surface area contributed by atoms with Gasteiger partial charge < -0.3 is 0 Å². The highest BCUT2D eigenvalue weighted by Crippen LogP contribution is 2.43. The summed E-state index contributed by atoms with van der Waals surface area (Å²) in [6.07, 6.45) is 23.3. The molecule has 0 aromatic rings. The molecule has 3 aliphatic rings. The molecule has 0 heteroatoms. The molecule has 3 saturated carbocycles. The van der Waals surface area contributed by atoms with Crippen LogP contribution in [0.15, 0.2) is 0 Å². The molecule has 0 radical (unpaired) electrons. The van der Waals surface area contributed by atoms with Gasteiger partial charge in [-0.25, -0.2) is 0 Å². The Hall–Kier alpha value is 0. The van der Waals surface area contributed by atoms with Gasteiger partial charge in [0.1, 0.15) is 0 Å². The topological polar surface area (TPSA) is 0 Å². The van der Waals surface area contributed by atoms with Gasteiger partial charge in [0.05, 0.1) is 0 Å². The van der Waals surface area contributed by atoms with E-state index in [4.69, 9.17) is 0 Å². The van der Waals surface area contributed by atoms with Crippen LogP contribution in [0.3, 0.4) is 0 Å². The van der Waals surface area contributed by atoms with Gasteiger partial charge >= 0.3 is 0 Å². The minimum Gasteiger partial charge on any atom is -0.0651 e. The molecule has 3 fully saturated rings. The van der Waals surface area contributed by atoms with Gasteiger partial charge in [0.25, 0.3) is 0 Å². The molecule has 3 rings (SSSR count). The van der Waals surface area contributed by atoms with Crippen LogP contribution in [-0.4, -0.2) is 0 Å². The normalized spacial score (nSPS) is 39.3. The Labute approximate surface area is 133 Å². The van der Waals surface area contributed by atoms with Crippen LogP contribution in [0.5, 0.6) is 0 Å². The molecule has 0 saturated heterocycles. The van der Waals surface area contributed by atoms with Gasteiger partial charge in [-0.3, -0.25) is 0 Å². The molecule has 0 amide bonds. The molecule has 0 bridgehead atoms. The molecule has 0 aromatic carbocycles. The quantitative estimate of drug-likeness (QED) is 0.524. The molecule has 0 N–H and O–H groups in total. The van der Waals surface area contributed by atoms with E-state index < -0.39 is 0 Å². The van der Waals surface area contributed by atoms with E-state index >= 15 is 0 Å². The number of hydrogen-bond donors (Lipinski definition) is 0. The van der Waals surface area contributed by atoms with E-state index in [1.165, 1.54) is 25.7 Å². The lowest BCUT2D eigenvalue weighted by atomic mass is 9.67. The Kier molecular flexibility index (Phi) is 6.07. The summed E-state index contributed by atoms with van der Waals surface area (Å²) in [7, 11) is 0. The Morgan fingerprint density at radius 2 is 1.00 bits per heavy atom. The zero-order chi connectivity index (χ0) is 14.5. The lowest BCUT2D eigenvalue weighted by molar-refractivity contribution is 0.132. The first kappa shape index (κ1) is 15.9. The van der Waals surface area contributed by atoms with Crippen molar-refractivity contribution in [1.29, 1.82) is 0 Å². The van der Waals surface area contributed by atoms with Crippen molar-refractivity contribution in [2.45, 2.75) is 103 Å². The maximum Gasteiger partial charge on any atom is -0.0386 e. The van der Waals surface area contributed by atoms with E-state index in [9.17, 15) is 0 Å². The summed E-state index contributed by atoms with van der Waals surface area (Å²) in [6.45, 7) is 2.39. The second-order valence-electron chi connectivity index (χ2n) is 8.71. The molecule has 3 aliphatic carbocycles. The summed E-state index contributed by atoms with van der Waals surface area (Å²) in [5.74, 6) is 5.52. The first-order valence-electron chi connectivity index (χ1n) is 10.3. The lowest BCUT2D eigenvalue weighted by Crippen LogP contribution is -2.26. The van der Waals surface area contributed by atoms with E-state index in [1.54, 1.807) is 70.6 Å². The molecule has 0 nitrogen and oxygen atoms in total. The van der Waals surface area contributed by atoms with Gasteiger partial charge in [-0.1, -0.05) is 71.1 Å². The molecular weight excluding hydrogens is 252 g/mol. The van der Waals surface area contributed by atoms with E-state index in [0.717, 1.165) is 29.6 Å². The maximum atomic E-state index is 2.39. The van der Waals surface area contributed by atoms with Gasteiger partial charge in [0, 0.05) is 0 Å². The molecule has 0 atom stereocenters. The summed E-state index contributed by atoms with van der Waals surface area (Å²) >= 11 is 0. The van der Waals surface area contributed by atoms with E-state index in [-0.39, 0.29) is 0 Å². The van der Waals surface area contributed by atoms with Crippen molar-refractivity contribution in [3.63, 3.8) is 0 Å². The average Bonchev–Trinajstić information content (AvgIpc) is 2.57. The van der Waals surface area contributed by atoms with Crippen molar-refractivity contribution < 1.29 is 0 Å². The summed E-state index contributed by atoms with van der Waals surface area (Å²) in [5, 5.41) is 0. The Morgan fingerprint density at radius 3 is 1.52 bits per heavy atom. The van der Waals surface area contributed by atoms with Crippen LogP contribution in [0, 0.1) is 29.6 Å².